The van der Waals surface area contributed by atoms with Crippen molar-refractivity contribution in [3.8, 4) is 0 Å². The summed E-state index contributed by atoms with van der Waals surface area (Å²) >= 11 is 0. The number of likely N-dealkylation sites (tertiary alicyclic amines) is 1. The van der Waals surface area contributed by atoms with Crippen molar-refractivity contribution in [3.05, 3.63) is 35.4 Å². The number of ether oxygens (including phenoxy) is 2. The molecule has 1 aromatic rings. The lowest BCUT2D eigenvalue weighted by atomic mass is 9.72. The van der Waals surface area contributed by atoms with E-state index < -0.39 is 0 Å². The Hall–Kier alpha value is -1.59. The molecule has 1 spiro atoms. The summed E-state index contributed by atoms with van der Waals surface area (Å²) in [5, 5.41) is 3.56. The molecule has 3 fully saturated rings. The Balaban J connectivity index is 1.56. The van der Waals surface area contributed by atoms with Crippen LogP contribution in [0.5, 0.6) is 0 Å². The van der Waals surface area contributed by atoms with Gasteiger partial charge in [-0.15, -0.1) is 0 Å². The van der Waals surface area contributed by atoms with Crippen molar-refractivity contribution in [3.63, 3.8) is 0 Å². The number of rotatable bonds is 4. The summed E-state index contributed by atoms with van der Waals surface area (Å²) in [7, 11) is 0. The second-order valence-electron chi connectivity index (χ2n) is 8.85. The van der Waals surface area contributed by atoms with Crippen LogP contribution in [0.1, 0.15) is 43.7 Å². The van der Waals surface area contributed by atoms with Crippen molar-refractivity contribution in [1.82, 2.24) is 10.2 Å². The topological polar surface area (TPSA) is 46.1 Å². The van der Waals surface area contributed by atoms with Gasteiger partial charge < -0.3 is 19.7 Å². The summed E-state index contributed by atoms with van der Waals surface area (Å²) in [6.45, 7) is 11.7. The van der Waals surface area contributed by atoms with E-state index in [-0.39, 0.29) is 5.41 Å². The molecule has 3 saturated heterocycles. The van der Waals surface area contributed by atoms with Crippen LogP contribution in [0, 0.1) is 12.3 Å². The predicted molar refractivity (Wildman–Crippen MR) is 113 cm³/mol. The minimum Gasteiger partial charge on any atom is -0.381 e. The molecular formula is C23H35N3O2. The standard InChI is InChI=1S/C23H35N3O2/c1-3-24-21(26-12-8-22(17-26)9-13-28-18-22)25-16-23(10-14-27-15-11-23)20-7-5-4-6-19(20)2/h4-7H,3,8-18H2,1-2H3,(H,24,25). The van der Waals surface area contributed by atoms with Crippen LogP contribution in [0.3, 0.4) is 0 Å². The Labute approximate surface area is 169 Å². The molecule has 3 aliphatic rings. The van der Waals surface area contributed by atoms with Gasteiger partial charge >= 0.3 is 0 Å². The molecular weight excluding hydrogens is 350 g/mol. The van der Waals surface area contributed by atoms with Gasteiger partial charge in [0.05, 0.1) is 13.2 Å². The molecule has 0 amide bonds. The summed E-state index contributed by atoms with van der Waals surface area (Å²) in [5.74, 6) is 1.07. The molecule has 1 N–H and O–H groups in total. The van der Waals surface area contributed by atoms with Gasteiger partial charge in [-0.25, -0.2) is 0 Å². The van der Waals surface area contributed by atoms with E-state index in [1.54, 1.807) is 0 Å². The zero-order valence-electron chi connectivity index (χ0n) is 17.5. The molecule has 0 saturated carbocycles. The summed E-state index contributed by atoms with van der Waals surface area (Å²) < 4.78 is 11.4. The second kappa shape index (κ2) is 8.42. The molecule has 4 rings (SSSR count). The van der Waals surface area contributed by atoms with E-state index in [1.807, 2.05) is 0 Å². The van der Waals surface area contributed by atoms with Crippen molar-refractivity contribution in [2.24, 2.45) is 10.4 Å². The molecule has 0 bridgehead atoms. The molecule has 5 nitrogen and oxygen atoms in total. The monoisotopic (exact) mass is 385 g/mol. The maximum absolute atomic E-state index is 5.72. The Kier molecular flexibility index (Phi) is 5.93. The Morgan fingerprint density at radius 3 is 2.61 bits per heavy atom. The summed E-state index contributed by atoms with van der Waals surface area (Å²) in [5.41, 5.74) is 3.24. The number of hydrogen-bond donors (Lipinski definition) is 1. The highest BCUT2D eigenvalue weighted by Crippen LogP contribution is 2.39. The number of nitrogens with zero attached hydrogens (tertiary/aromatic N) is 2. The van der Waals surface area contributed by atoms with Gasteiger partial charge in [-0.1, -0.05) is 24.3 Å². The van der Waals surface area contributed by atoms with Gasteiger partial charge in [-0.2, -0.15) is 0 Å². The third-order valence-electron chi connectivity index (χ3n) is 6.96. The van der Waals surface area contributed by atoms with Crippen molar-refractivity contribution in [2.75, 3.05) is 52.6 Å². The van der Waals surface area contributed by atoms with E-state index in [1.165, 1.54) is 24.0 Å². The van der Waals surface area contributed by atoms with Crippen LogP contribution in [0.15, 0.2) is 29.3 Å². The average molecular weight is 386 g/mol. The van der Waals surface area contributed by atoms with Crippen LogP contribution >= 0.6 is 0 Å². The lowest BCUT2D eigenvalue weighted by Crippen LogP contribution is -2.43. The molecule has 3 heterocycles. The van der Waals surface area contributed by atoms with Crippen LogP contribution in [0.4, 0.5) is 0 Å². The SMILES string of the molecule is CCNC(=NCC1(c2ccccc2C)CCOCC1)N1CCC2(CCOC2)C1. The van der Waals surface area contributed by atoms with Crippen molar-refractivity contribution in [1.29, 1.82) is 0 Å². The number of guanidine groups is 1. The smallest absolute Gasteiger partial charge is 0.193 e. The van der Waals surface area contributed by atoms with Gasteiger partial charge in [0, 0.05) is 50.3 Å². The van der Waals surface area contributed by atoms with Gasteiger partial charge in [0.2, 0.25) is 0 Å². The van der Waals surface area contributed by atoms with Gasteiger partial charge in [0.25, 0.3) is 0 Å². The normalized spacial score (nSPS) is 27.5. The zero-order valence-corrected chi connectivity index (χ0v) is 17.5. The molecule has 154 valence electrons. The highest BCUT2D eigenvalue weighted by molar-refractivity contribution is 5.80. The Bertz CT molecular complexity index is 691. The highest BCUT2D eigenvalue weighted by Gasteiger charge is 2.42. The fourth-order valence-corrected chi connectivity index (χ4v) is 5.18. The molecule has 3 aliphatic heterocycles. The van der Waals surface area contributed by atoms with Crippen LogP contribution in [0.2, 0.25) is 0 Å². The molecule has 1 unspecified atom stereocenters. The van der Waals surface area contributed by atoms with Gasteiger partial charge in [-0.3, -0.25) is 4.99 Å². The molecule has 0 aliphatic carbocycles. The largest absolute Gasteiger partial charge is 0.381 e. The fraction of sp³-hybridized carbons (Fsp3) is 0.696. The van der Waals surface area contributed by atoms with Crippen LogP contribution in [-0.2, 0) is 14.9 Å². The van der Waals surface area contributed by atoms with Crippen molar-refractivity contribution < 1.29 is 9.47 Å². The maximum Gasteiger partial charge on any atom is 0.193 e. The number of benzene rings is 1. The number of aryl methyl sites for hydroxylation is 1. The predicted octanol–water partition coefficient (Wildman–Crippen LogP) is 3.12. The van der Waals surface area contributed by atoms with Crippen LogP contribution < -0.4 is 5.32 Å². The van der Waals surface area contributed by atoms with Crippen LogP contribution in [-0.4, -0.2) is 63.5 Å². The molecule has 28 heavy (non-hydrogen) atoms. The Morgan fingerprint density at radius 2 is 1.89 bits per heavy atom. The lowest BCUT2D eigenvalue weighted by molar-refractivity contribution is 0.0528. The minimum absolute atomic E-state index is 0.0815. The summed E-state index contributed by atoms with van der Waals surface area (Å²) in [6, 6.07) is 8.82. The Morgan fingerprint density at radius 1 is 1.11 bits per heavy atom. The molecule has 0 aromatic heterocycles. The van der Waals surface area contributed by atoms with Gasteiger partial charge in [0.15, 0.2) is 5.96 Å². The zero-order chi connectivity index (χ0) is 19.5. The highest BCUT2D eigenvalue weighted by atomic mass is 16.5. The molecule has 1 atom stereocenters. The minimum atomic E-state index is 0.0815. The second-order valence-corrected chi connectivity index (χ2v) is 8.85. The molecule has 5 heteroatoms. The first kappa shape index (κ1) is 19.7. The number of nitrogens with one attached hydrogen (secondary N) is 1. The first-order chi connectivity index (χ1) is 13.7. The van der Waals surface area contributed by atoms with E-state index >= 15 is 0 Å². The van der Waals surface area contributed by atoms with Crippen molar-refractivity contribution >= 4 is 5.96 Å². The van der Waals surface area contributed by atoms with Crippen LogP contribution in [0.25, 0.3) is 0 Å². The third-order valence-corrected chi connectivity index (χ3v) is 6.96. The number of hydrogen-bond acceptors (Lipinski definition) is 3. The molecule has 0 radical (unpaired) electrons. The van der Waals surface area contributed by atoms with E-state index in [4.69, 9.17) is 14.5 Å². The quantitative estimate of drug-likeness (QED) is 0.639. The van der Waals surface area contributed by atoms with Gasteiger partial charge in [-0.05, 0) is 50.7 Å². The number of aliphatic imine (C=N–C) groups is 1. The average Bonchev–Trinajstić information content (AvgIpc) is 3.36. The van der Waals surface area contributed by atoms with E-state index in [0.717, 1.165) is 71.4 Å². The van der Waals surface area contributed by atoms with E-state index in [0.29, 0.717) is 5.41 Å². The third kappa shape index (κ3) is 3.92. The first-order valence-electron chi connectivity index (χ1n) is 10.9. The van der Waals surface area contributed by atoms with Gasteiger partial charge in [0.1, 0.15) is 0 Å². The molecule has 1 aromatic carbocycles. The maximum atomic E-state index is 5.72. The summed E-state index contributed by atoms with van der Waals surface area (Å²) in [6.07, 6.45) is 4.48. The van der Waals surface area contributed by atoms with E-state index in [9.17, 15) is 0 Å². The lowest BCUT2D eigenvalue weighted by Gasteiger charge is -2.38. The summed E-state index contributed by atoms with van der Waals surface area (Å²) in [4.78, 5) is 7.66. The van der Waals surface area contributed by atoms with Crippen molar-refractivity contribution in [2.45, 2.75) is 44.9 Å². The van der Waals surface area contributed by atoms with E-state index in [2.05, 4.69) is 48.3 Å². The fourth-order valence-electron chi connectivity index (χ4n) is 5.18. The first-order valence-corrected chi connectivity index (χ1v) is 10.9.